The van der Waals surface area contributed by atoms with Gasteiger partial charge in [0.05, 0.1) is 0 Å². The molecule has 0 aliphatic carbocycles. The van der Waals surface area contributed by atoms with E-state index >= 15 is 0 Å². The first kappa shape index (κ1) is 4.70. The Labute approximate surface area is 39.2 Å². The van der Waals surface area contributed by atoms with Crippen LogP contribution in [-0.4, -0.2) is 17.4 Å². The Balaban J connectivity index is 2.32. The van der Waals surface area contributed by atoms with Crippen molar-refractivity contribution < 1.29 is 21.3 Å². The molecular weight excluding hydrogens is 146 g/mol. The summed E-state index contributed by atoms with van der Waals surface area (Å²) >= 11 is 3.12. The van der Waals surface area contributed by atoms with Crippen molar-refractivity contribution in [3.05, 3.63) is 0 Å². The van der Waals surface area contributed by atoms with E-state index in [0.717, 1.165) is 0 Å². The maximum atomic E-state index is 3.12. The van der Waals surface area contributed by atoms with Gasteiger partial charge in [0.2, 0.25) is 0 Å². The van der Waals surface area contributed by atoms with Gasteiger partial charge in [0, 0.05) is 0 Å². The Bertz CT molecular complexity index is 10.8. The van der Waals surface area contributed by atoms with Crippen LogP contribution in [-0.2, 0) is 21.3 Å². The SMILES string of the molecule is C[N](C)[Ag]. The molecule has 0 aromatic heterocycles. The molecule has 0 aromatic carbocycles. The molecule has 0 rings (SSSR count). The van der Waals surface area contributed by atoms with E-state index in [1.807, 2.05) is 17.4 Å². The van der Waals surface area contributed by atoms with E-state index in [1.165, 1.54) is 0 Å². The van der Waals surface area contributed by atoms with Gasteiger partial charge in [-0.1, -0.05) is 0 Å². The second-order valence-electron chi connectivity index (χ2n) is 0.717. The van der Waals surface area contributed by atoms with Gasteiger partial charge in [-0.25, -0.2) is 0 Å². The van der Waals surface area contributed by atoms with Crippen LogP contribution in [0, 0.1) is 0 Å². The minimum absolute atomic E-state index is 1.81. The molecule has 0 saturated carbocycles. The molecule has 1 nitrogen and oxygen atoms in total. The summed E-state index contributed by atoms with van der Waals surface area (Å²) in [5.74, 6) is 0. The summed E-state index contributed by atoms with van der Waals surface area (Å²) in [7, 11) is 3.83. The molecule has 0 radical (unpaired) electrons. The van der Waals surface area contributed by atoms with Crippen LogP contribution in [0.15, 0.2) is 0 Å². The molecule has 0 aromatic rings. The first-order valence-corrected chi connectivity index (χ1v) is 1.69. The van der Waals surface area contributed by atoms with Gasteiger partial charge >= 0.3 is 38.7 Å². The fourth-order valence-corrected chi connectivity index (χ4v) is 0. The first-order valence-electron chi connectivity index (χ1n) is 1.03. The third-order valence-corrected chi connectivity index (χ3v) is 0. The Hall–Kier alpha value is 0.700. The van der Waals surface area contributed by atoms with Crippen LogP contribution < -0.4 is 0 Å². The van der Waals surface area contributed by atoms with Gasteiger partial charge in [-0.3, -0.25) is 0 Å². The second kappa shape index (κ2) is 1.97. The Kier molecular flexibility index (Phi) is 2.32. The summed E-state index contributed by atoms with van der Waals surface area (Å²) in [4.78, 5) is 0. The molecule has 2 heteroatoms. The predicted octanol–water partition coefficient (Wildman–Crippen LogP) is 0.00980. The van der Waals surface area contributed by atoms with Crippen molar-refractivity contribution in [1.29, 1.82) is 0 Å². The van der Waals surface area contributed by atoms with E-state index < -0.39 is 0 Å². The van der Waals surface area contributed by atoms with Crippen molar-refractivity contribution in [1.82, 2.24) is 3.30 Å². The van der Waals surface area contributed by atoms with E-state index in [-0.39, 0.29) is 0 Å². The van der Waals surface area contributed by atoms with Gasteiger partial charge in [-0.15, -0.1) is 0 Å². The molecule has 0 aliphatic heterocycles. The quantitative estimate of drug-likeness (QED) is 0.442. The van der Waals surface area contributed by atoms with Gasteiger partial charge in [0.1, 0.15) is 0 Å². The molecule has 30 valence electrons. The van der Waals surface area contributed by atoms with E-state index in [1.54, 1.807) is 0 Å². The van der Waals surface area contributed by atoms with E-state index in [2.05, 4.69) is 21.3 Å². The Morgan fingerprint density at radius 3 is 1.50 bits per heavy atom. The topological polar surface area (TPSA) is 3.24 Å². The average molecular weight is 152 g/mol. The van der Waals surface area contributed by atoms with Crippen molar-refractivity contribution in [3.63, 3.8) is 0 Å². The molecule has 0 amide bonds. The van der Waals surface area contributed by atoms with Crippen LogP contribution in [0.2, 0.25) is 0 Å². The van der Waals surface area contributed by atoms with E-state index in [4.69, 9.17) is 0 Å². The summed E-state index contributed by atoms with van der Waals surface area (Å²) in [5.41, 5.74) is 0. The summed E-state index contributed by atoms with van der Waals surface area (Å²) in [5, 5.41) is 0. The van der Waals surface area contributed by atoms with Crippen LogP contribution in [0.4, 0.5) is 0 Å². The summed E-state index contributed by atoms with van der Waals surface area (Å²) in [6.45, 7) is 0. The molecular formula is C2H6AgN. The van der Waals surface area contributed by atoms with Crippen LogP contribution in [0.5, 0.6) is 0 Å². The molecule has 0 N–H and O–H groups in total. The fraction of sp³-hybridized carbons (Fsp3) is 1.00. The molecule has 0 heterocycles. The summed E-state index contributed by atoms with van der Waals surface area (Å²) in [6, 6.07) is 0. The Morgan fingerprint density at radius 2 is 1.50 bits per heavy atom. The molecule has 0 spiro atoms. The van der Waals surface area contributed by atoms with Crippen LogP contribution in [0.3, 0.4) is 0 Å². The number of hydrogen-bond acceptors (Lipinski definition) is 1. The van der Waals surface area contributed by atoms with Crippen molar-refractivity contribution in [2.45, 2.75) is 0 Å². The van der Waals surface area contributed by atoms with Gasteiger partial charge in [0.15, 0.2) is 0 Å². The summed E-state index contributed by atoms with van der Waals surface area (Å²) < 4.78 is 1.81. The van der Waals surface area contributed by atoms with Crippen molar-refractivity contribution in [2.75, 3.05) is 14.1 Å². The second-order valence-corrected chi connectivity index (χ2v) is 2.04. The molecule has 0 atom stereocenters. The van der Waals surface area contributed by atoms with E-state index in [9.17, 15) is 0 Å². The van der Waals surface area contributed by atoms with Gasteiger partial charge in [-0.05, 0) is 0 Å². The molecule has 0 saturated heterocycles. The zero-order chi connectivity index (χ0) is 3.58. The third-order valence-electron chi connectivity index (χ3n) is 0. The number of hydrogen-bond donors (Lipinski definition) is 0. The van der Waals surface area contributed by atoms with Gasteiger partial charge < -0.3 is 0 Å². The fourth-order valence-electron chi connectivity index (χ4n) is 0. The zero-order valence-corrected chi connectivity index (χ0v) is 4.23. The standard InChI is InChI=1S/C2H6N.Ag/c1-3-2;/h1-2H3;/q-1;+1. The zero-order valence-electron chi connectivity index (χ0n) is 2.75. The van der Waals surface area contributed by atoms with Crippen molar-refractivity contribution in [2.24, 2.45) is 0 Å². The normalized spacial score (nSPS) is 9.25. The van der Waals surface area contributed by atoms with Crippen LogP contribution in [0.25, 0.3) is 0 Å². The molecule has 0 bridgehead atoms. The molecule has 4 heavy (non-hydrogen) atoms. The van der Waals surface area contributed by atoms with Gasteiger partial charge in [-0.2, -0.15) is 0 Å². The molecule has 0 fully saturated rings. The average Bonchev–Trinajstić information content (AvgIpc) is 0.811. The van der Waals surface area contributed by atoms with Crippen LogP contribution in [0.1, 0.15) is 0 Å². The van der Waals surface area contributed by atoms with Gasteiger partial charge in [0.25, 0.3) is 0 Å². The van der Waals surface area contributed by atoms with Crippen LogP contribution >= 0.6 is 0 Å². The van der Waals surface area contributed by atoms with E-state index in [0.29, 0.717) is 0 Å². The molecule has 0 unspecified atom stereocenters. The maximum absolute atomic E-state index is 3.12. The monoisotopic (exact) mass is 151 g/mol. The minimum atomic E-state index is 1.81. The Morgan fingerprint density at radius 1 is 1.50 bits per heavy atom. The third kappa shape index (κ3) is 15.9. The number of rotatable bonds is 0. The van der Waals surface area contributed by atoms with Crippen molar-refractivity contribution >= 4 is 0 Å². The molecule has 0 aliphatic rings. The predicted molar refractivity (Wildman–Crippen MR) is 13.7 cm³/mol. The summed E-state index contributed by atoms with van der Waals surface area (Å²) in [6.07, 6.45) is 0. The van der Waals surface area contributed by atoms with Crippen molar-refractivity contribution in [3.8, 4) is 0 Å². The first-order chi connectivity index (χ1) is 1.73. The number of nitrogens with zero attached hydrogens (tertiary/aromatic N) is 1.